The lowest BCUT2D eigenvalue weighted by molar-refractivity contribution is -0.856. The summed E-state index contributed by atoms with van der Waals surface area (Å²) in [5.41, 5.74) is 4.79. The molecule has 3 nitrogen and oxygen atoms in total. The maximum absolute atomic E-state index is 5.51. The van der Waals surface area contributed by atoms with Crippen LogP contribution in [0, 0.1) is 5.41 Å². The first-order chi connectivity index (χ1) is 11.0. The van der Waals surface area contributed by atoms with Gasteiger partial charge >= 0.3 is 0 Å². The molecule has 1 aliphatic carbocycles. The van der Waals surface area contributed by atoms with Gasteiger partial charge < -0.3 is 9.64 Å². The molecule has 0 amide bonds. The van der Waals surface area contributed by atoms with E-state index in [0.29, 0.717) is 5.41 Å². The molecule has 1 saturated heterocycles. The predicted molar refractivity (Wildman–Crippen MR) is 94.0 cm³/mol. The molecule has 0 saturated carbocycles. The fourth-order valence-electron chi connectivity index (χ4n) is 3.71. The first-order valence-corrected chi connectivity index (χ1v) is 8.79. The minimum atomic E-state index is 0.343. The van der Waals surface area contributed by atoms with Gasteiger partial charge in [0.25, 0.3) is 0 Å². The first kappa shape index (κ1) is 16.4. The summed E-state index contributed by atoms with van der Waals surface area (Å²) >= 11 is 0. The lowest BCUT2D eigenvalue weighted by Crippen LogP contribution is -3.06. The molecular formula is C20H30N2O+2. The van der Waals surface area contributed by atoms with Crippen molar-refractivity contribution < 1.29 is 14.2 Å². The molecule has 23 heavy (non-hydrogen) atoms. The van der Waals surface area contributed by atoms with Crippen LogP contribution in [0.2, 0.25) is 0 Å². The van der Waals surface area contributed by atoms with Crippen molar-refractivity contribution in [3.05, 3.63) is 47.7 Å². The van der Waals surface area contributed by atoms with Crippen molar-refractivity contribution >= 4 is 5.71 Å². The smallest absolute Gasteiger partial charge is 0.182 e. The summed E-state index contributed by atoms with van der Waals surface area (Å²) in [5.74, 6) is 0. The van der Waals surface area contributed by atoms with E-state index in [1.54, 1.807) is 0 Å². The number of nitrogens with zero attached hydrogens (tertiary/aromatic N) is 1. The van der Waals surface area contributed by atoms with Crippen LogP contribution in [0.15, 0.2) is 42.1 Å². The monoisotopic (exact) mass is 314 g/mol. The SMILES string of the molecule is C[NH+](Cc1ccccc1)C1=CC(=[N+]2CCOCC2)CC(C)(C)C1. The van der Waals surface area contributed by atoms with E-state index >= 15 is 0 Å². The van der Waals surface area contributed by atoms with Gasteiger partial charge in [-0.15, -0.1) is 0 Å². The quantitative estimate of drug-likeness (QED) is 0.843. The van der Waals surface area contributed by atoms with Gasteiger partial charge in [0.15, 0.2) is 18.8 Å². The van der Waals surface area contributed by atoms with Crippen molar-refractivity contribution in [3.8, 4) is 0 Å². The molecule has 1 unspecified atom stereocenters. The molecule has 0 aromatic heterocycles. The van der Waals surface area contributed by atoms with Gasteiger partial charge in [-0.3, -0.25) is 0 Å². The van der Waals surface area contributed by atoms with Crippen LogP contribution in [0.3, 0.4) is 0 Å². The van der Waals surface area contributed by atoms with Crippen LogP contribution in [-0.4, -0.2) is 43.6 Å². The summed E-state index contributed by atoms with van der Waals surface area (Å²) in [6.45, 7) is 9.64. The number of hydrogen-bond donors (Lipinski definition) is 1. The number of ether oxygens (including phenoxy) is 1. The Morgan fingerprint density at radius 1 is 1.09 bits per heavy atom. The zero-order valence-corrected chi connectivity index (χ0v) is 14.8. The number of hydrogen-bond acceptors (Lipinski definition) is 1. The van der Waals surface area contributed by atoms with Gasteiger partial charge in [-0.1, -0.05) is 44.2 Å². The van der Waals surface area contributed by atoms with E-state index < -0.39 is 0 Å². The van der Waals surface area contributed by atoms with Gasteiger partial charge in [0, 0.05) is 18.4 Å². The molecule has 1 N–H and O–H groups in total. The zero-order valence-electron chi connectivity index (χ0n) is 14.8. The molecule has 0 radical (unpaired) electrons. The highest BCUT2D eigenvalue weighted by Gasteiger charge is 2.34. The Labute approximate surface area is 140 Å². The third-order valence-electron chi connectivity index (χ3n) is 4.95. The number of quaternary nitrogens is 1. The maximum Gasteiger partial charge on any atom is 0.182 e. The standard InChI is InChI=1S/C20H29N2O/c1-20(2)14-18(21(3)16-17-7-5-4-6-8-17)13-19(15-20)22-9-11-23-12-10-22/h4-8,13H,9-12,14-16H2,1-3H3/q+1/p+1. The van der Waals surface area contributed by atoms with Crippen molar-refractivity contribution in [2.45, 2.75) is 33.2 Å². The van der Waals surface area contributed by atoms with Gasteiger partial charge in [-0.25, -0.2) is 4.58 Å². The van der Waals surface area contributed by atoms with Crippen LogP contribution in [-0.2, 0) is 11.3 Å². The lowest BCUT2D eigenvalue weighted by atomic mass is 9.78. The van der Waals surface area contributed by atoms with E-state index in [1.165, 1.54) is 34.7 Å². The number of allylic oxidation sites excluding steroid dienone is 2. The second kappa shape index (κ2) is 6.98. The van der Waals surface area contributed by atoms with Crippen LogP contribution in [0.25, 0.3) is 0 Å². The summed E-state index contributed by atoms with van der Waals surface area (Å²) in [6, 6.07) is 10.8. The van der Waals surface area contributed by atoms with Crippen LogP contribution >= 0.6 is 0 Å². The minimum absolute atomic E-state index is 0.343. The average Bonchev–Trinajstić information content (AvgIpc) is 2.55. The number of nitrogens with one attached hydrogen (secondary N) is 1. The van der Waals surface area contributed by atoms with E-state index in [0.717, 1.165) is 32.8 Å². The highest BCUT2D eigenvalue weighted by molar-refractivity contribution is 5.92. The topological polar surface area (TPSA) is 16.7 Å². The summed E-state index contributed by atoms with van der Waals surface area (Å²) < 4.78 is 8.04. The highest BCUT2D eigenvalue weighted by atomic mass is 16.5. The Bertz CT molecular complexity index is 593. The fraction of sp³-hybridized carbons (Fsp3) is 0.550. The van der Waals surface area contributed by atoms with E-state index in [1.807, 2.05) is 0 Å². The Hall–Kier alpha value is -1.45. The van der Waals surface area contributed by atoms with Crippen LogP contribution < -0.4 is 4.90 Å². The zero-order chi connectivity index (χ0) is 16.3. The van der Waals surface area contributed by atoms with Crippen molar-refractivity contribution in [2.24, 2.45) is 5.41 Å². The molecule has 1 aromatic rings. The van der Waals surface area contributed by atoms with Gasteiger partial charge in [0.05, 0.1) is 13.1 Å². The van der Waals surface area contributed by atoms with Gasteiger partial charge in [-0.05, 0) is 5.41 Å². The summed E-state index contributed by atoms with van der Waals surface area (Å²) in [4.78, 5) is 1.51. The molecule has 3 heteroatoms. The molecule has 1 aliphatic heterocycles. The third-order valence-corrected chi connectivity index (χ3v) is 4.95. The summed E-state index contributed by atoms with van der Waals surface area (Å²) in [7, 11) is 2.30. The van der Waals surface area contributed by atoms with Crippen molar-refractivity contribution in [1.82, 2.24) is 0 Å². The molecule has 3 rings (SSSR count). The predicted octanol–water partition coefficient (Wildman–Crippen LogP) is 1.89. The van der Waals surface area contributed by atoms with Crippen LogP contribution in [0.4, 0.5) is 0 Å². The normalized spacial score (nSPS) is 22.7. The largest absolute Gasteiger partial charge is 0.368 e. The summed E-state index contributed by atoms with van der Waals surface area (Å²) in [6.07, 6.45) is 4.82. The number of morpholine rings is 1. The van der Waals surface area contributed by atoms with E-state index in [-0.39, 0.29) is 0 Å². The van der Waals surface area contributed by atoms with E-state index in [4.69, 9.17) is 4.74 Å². The molecule has 0 bridgehead atoms. The Morgan fingerprint density at radius 3 is 2.48 bits per heavy atom. The van der Waals surface area contributed by atoms with Crippen molar-refractivity contribution in [1.29, 1.82) is 0 Å². The molecule has 0 spiro atoms. The molecule has 2 aliphatic rings. The number of benzene rings is 1. The molecule has 1 heterocycles. The molecular weight excluding hydrogens is 284 g/mol. The second-order valence-electron chi connectivity index (χ2n) is 7.72. The third kappa shape index (κ3) is 4.30. The average molecular weight is 314 g/mol. The Morgan fingerprint density at radius 2 is 1.78 bits per heavy atom. The van der Waals surface area contributed by atoms with E-state index in [2.05, 4.69) is 61.9 Å². The molecule has 1 atom stereocenters. The van der Waals surface area contributed by atoms with Gasteiger partial charge in [0.2, 0.25) is 0 Å². The Balaban J connectivity index is 1.82. The van der Waals surface area contributed by atoms with E-state index in [9.17, 15) is 0 Å². The van der Waals surface area contributed by atoms with Crippen molar-refractivity contribution in [3.63, 3.8) is 0 Å². The van der Waals surface area contributed by atoms with Crippen LogP contribution in [0.1, 0.15) is 32.3 Å². The fourth-order valence-corrected chi connectivity index (χ4v) is 3.71. The van der Waals surface area contributed by atoms with Crippen LogP contribution in [0.5, 0.6) is 0 Å². The van der Waals surface area contributed by atoms with Gasteiger partial charge in [0.1, 0.15) is 25.5 Å². The minimum Gasteiger partial charge on any atom is -0.368 e. The first-order valence-electron chi connectivity index (χ1n) is 8.79. The lowest BCUT2D eigenvalue weighted by Gasteiger charge is -2.31. The maximum atomic E-state index is 5.51. The summed E-state index contributed by atoms with van der Waals surface area (Å²) in [5, 5.41) is 0. The molecule has 1 aromatic carbocycles. The van der Waals surface area contributed by atoms with Crippen molar-refractivity contribution in [2.75, 3.05) is 33.4 Å². The van der Waals surface area contributed by atoms with Gasteiger partial charge in [-0.2, -0.15) is 0 Å². The number of rotatable bonds is 3. The molecule has 1 fully saturated rings. The second-order valence-corrected chi connectivity index (χ2v) is 7.72. The Kier molecular flexibility index (Phi) is 4.98. The molecule has 124 valence electrons. The highest BCUT2D eigenvalue weighted by Crippen LogP contribution is 2.32.